The average molecular weight is 392 g/mol. The third kappa shape index (κ3) is 5.80. The Balaban J connectivity index is 1.63. The molecule has 0 unspecified atom stereocenters. The molecule has 1 aliphatic rings. The lowest BCUT2D eigenvalue weighted by Crippen LogP contribution is -2.23. The Bertz CT molecular complexity index is 893. The molecule has 0 bridgehead atoms. The number of aryl methyl sites for hydroxylation is 1. The maximum absolute atomic E-state index is 12.4. The lowest BCUT2D eigenvalue weighted by Gasteiger charge is -2.12. The molecule has 1 aliphatic carbocycles. The smallest absolute Gasteiger partial charge is 0.406 e. The van der Waals surface area contributed by atoms with Gasteiger partial charge in [0.2, 0.25) is 0 Å². The molecule has 1 heterocycles. The summed E-state index contributed by atoms with van der Waals surface area (Å²) in [5.41, 5.74) is 1.93. The van der Waals surface area contributed by atoms with Crippen LogP contribution in [0.3, 0.4) is 0 Å². The molecule has 1 saturated carbocycles. The Morgan fingerprint density at radius 2 is 1.96 bits per heavy atom. The first-order chi connectivity index (χ1) is 13.2. The maximum Gasteiger partial charge on any atom is 0.573 e. The number of nitrogens with one attached hydrogen (secondary N) is 1. The number of Topliss-reactive ketones (excluding diaryl/α,β-unsaturated/α-hetero) is 1. The van der Waals surface area contributed by atoms with Crippen molar-refractivity contribution in [2.24, 2.45) is 5.92 Å². The molecule has 1 N–H and O–H groups in total. The number of aromatic nitrogens is 1. The molecule has 3 rings (SSSR count). The minimum atomic E-state index is -4.78. The molecule has 5 nitrogen and oxygen atoms in total. The zero-order valence-corrected chi connectivity index (χ0v) is 15.2. The Morgan fingerprint density at radius 1 is 1.21 bits per heavy atom. The van der Waals surface area contributed by atoms with E-state index < -0.39 is 12.3 Å². The minimum Gasteiger partial charge on any atom is -0.406 e. The van der Waals surface area contributed by atoms with E-state index in [9.17, 15) is 22.8 Å². The number of ketones is 1. The summed E-state index contributed by atoms with van der Waals surface area (Å²) in [7, 11) is 0. The monoisotopic (exact) mass is 392 g/mol. The first-order valence-electron chi connectivity index (χ1n) is 8.82. The molecule has 0 atom stereocenters. The van der Waals surface area contributed by atoms with Gasteiger partial charge in [0.15, 0.2) is 0 Å². The fourth-order valence-electron chi connectivity index (χ4n) is 2.85. The van der Waals surface area contributed by atoms with Crippen molar-refractivity contribution in [1.29, 1.82) is 0 Å². The molecule has 0 aliphatic heterocycles. The maximum atomic E-state index is 12.4. The van der Waals surface area contributed by atoms with E-state index in [0.717, 1.165) is 12.8 Å². The Hall–Kier alpha value is -2.90. The van der Waals surface area contributed by atoms with Crippen LogP contribution in [0.4, 0.5) is 13.2 Å². The predicted molar refractivity (Wildman–Crippen MR) is 94.7 cm³/mol. The van der Waals surface area contributed by atoms with E-state index in [1.165, 1.54) is 24.4 Å². The lowest BCUT2D eigenvalue weighted by atomic mass is 10.1. The number of hydrogen-bond acceptors (Lipinski definition) is 4. The SMILES string of the molecule is Cc1cc(CNC(=O)c2ccnc(CC(=O)C3CC3)c2)cc(OC(F)(F)F)c1. The van der Waals surface area contributed by atoms with Crippen LogP contribution in [0.1, 0.15) is 40.0 Å². The number of carbonyl (C=O) groups excluding carboxylic acids is 2. The van der Waals surface area contributed by atoms with Crippen LogP contribution in [-0.4, -0.2) is 23.0 Å². The van der Waals surface area contributed by atoms with Gasteiger partial charge in [-0.25, -0.2) is 0 Å². The van der Waals surface area contributed by atoms with Crippen molar-refractivity contribution in [3.05, 3.63) is 58.9 Å². The zero-order valence-electron chi connectivity index (χ0n) is 15.2. The van der Waals surface area contributed by atoms with Gasteiger partial charge < -0.3 is 10.1 Å². The minimum absolute atomic E-state index is 0.0351. The number of hydrogen-bond donors (Lipinski definition) is 1. The van der Waals surface area contributed by atoms with Gasteiger partial charge in [-0.2, -0.15) is 0 Å². The Kier molecular flexibility index (Phi) is 5.67. The fraction of sp³-hybridized carbons (Fsp3) is 0.350. The molecular weight excluding hydrogens is 373 g/mol. The normalized spacial score (nSPS) is 13.9. The number of ether oxygens (including phenoxy) is 1. The number of halogens is 3. The molecule has 0 spiro atoms. The number of carbonyl (C=O) groups is 2. The van der Waals surface area contributed by atoms with Crippen LogP contribution in [0.15, 0.2) is 36.5 Å². The van der Waals surface area contributed by atoms with Crippen LogP contribution in [0.25, 0.3) is 0 Å². The van der Waals surface area contributed by atoms with Gasteiger partial charge in [-0.15, -0.1) is 13.2 Å². The number of rotatable bonds is 7. The van der Waals surface area contributed by atoms with E-state index in [1.54, 1.807) is 19.1 Å². The summed E-state index contributed by atoms with van der Waals surface area (Å²) >= 11 is 0. The summed E-state index contributed by atoms with van der Waals surface area (Å²) in [5.74, 6) is -0.486. The van der Waals surface area contributed by atoms with E-state index in [-0.39, 0.29) is 30.4 Å². The molecule has 148 valence electrons. The number of alkyl halides is 3. The van der Waals surface area contributed by atoms with Crippen molar-refractivity contribution in [3.8, 4) is 5.75 Å². The van der Waals surface area contributed by atoms with Crippen molar-refractivity contribution in [2.75, 3.05) is 0 Å². The highest BCUT2D eigenvalue weighted by Crippen LogP contribution is 2.30. The average Bonchev–Trinajstić information content (AvgIpc) is 3.43. The van der Waals surface area contributed by atoms with Crippen LogP contribution in [-0.2, 0) is 17.8 Å². The highest BCUT2D eigenvalue weighted by Gasteiger charge is 2.31. The number of amides is 1. The highest BCUT2D eigenvalue weighted by molar-refractivity contribution is 5.94. The predicted octanol–water partition coefficient (Wildman–Crippen LogP) is 3.74. The second-order valence-corrected chi connectivity index (χ2v) is 6.84. The van der Waals surface area contributed by atoms with Crippen molar-refractivity contribution >= 4 is 11.7 Å². The molecule has 0 radical (unpaired) electrons. The third-order valence-electron chi connectivity index (χ3n) is 4.26. The van der Waals surface area contributed by atoms with Gasteiger partial charge in [-0.3, -0.25) is 14.6 Å². The molecule has 1 aromatic heterocycles. The standard InChI is InChI=1S/C20H19F3N2O3/c1-12-6-13(8-17(7-12)28-20(21,22)23)11-25-19(27)15-4-5-24-16(9-15)10-18(26)14-2-3-14/h4-9,14H,2-3,10-11H2,1H3,(H,25,27). The van der Waals surface area contributed by atoms with Crippen LogP contribution >= 0.6 is 0 Å². The first-order valence-corrected chi connectivity index (χ1v) is 8.82. The Morgan fingerprint density at radius 3 is 2.64 bits per heavy atom. The second-order valence-electron chi connectivity index (χ2n) is 6.84. The molecule has 8 heteroatoms. The summed E-state index contributed by atoms with van der Waals surface area (Å²) in [5, 5.41) is 2.66. The van der Waals surface area contributed by atoms with Gasteiger partial charge in [0.05, 0.1) is 0 Å². The van der Waals surface area contributed by atoms with Crippen LogP contribution in [0, 0.1) is 12.8 Å². The largest absolute Gasteiger partial charge is 0.573 e. The molecule has 1 aromatic carbocycles. The zero-order chi connectivity index (χ0) is 20.3. The van der Waals surface area contributed by atoms with Crippen molar-refractivity contribution < 1.29 is 27.5 Å². The second kappa shape index (κ2) is 8.00. The van der Waals surface area contributed by atoms with Crippen LogP contribution in [0.5, 0.6) is 5.75 Å². The fourth-order valence-corrected chi connectivity index (χ4v) is 2.85. The summed E-state index contributed by atoms with van der Waals surface area (Å²) in [6.07, 6.45) is -1.29. The van der Waals surface area contributed by atoms with Gasteiger partial charge in [0.25, 0.3) is 5.91 Å². The number of pyridine rings is 1. The quantitative estimate of drug-likeness (QED) is 0.780. The van der Waals surface area contributed by atoms with E-state index in [2.05, 4.69) is 15.0 Å². The van der Waals surface area contributed by atoms with Crippen LogP contribution < -0.4 is 10.1 Å². The highest BCUT2D eigenvalue weighted by atomic mass is 19.4. The lowest BCUT2D eigenvalue weighted by molar-refractivity contribution is -0.274. The summed E-state index contributed by atoms with van der Waals surface area (Å²) in [6.45, 7) is 1.67. The summed E-state index contributed by atoms with van der Waals surface area (Å²) < 4.78 is 41.1. The molecule has 1 amide bonds. The van der Waals surface area contributed by atoms with Gasteiger partial charge in [0, 0.05) is 36.3 Å². The summed E-state index contributed by atoms with van der Waals surface area (Å²) in [4.78, 5) is 28.4. The Labute approximate surface area is 159 Å². The molecular formula is C20H19F3N2O3. The van der Waals surface area contributed by atoms with Gasteiger partial charge in [-0.1, -0.05) is 6.07 Å². The summed E-state index contributed by atoms with van der Waals surface area (Å²) in [6, 6.07) is 7.24. The number of benzene rings is 1. The van der Waals surface area contributed by atoms with Gasteiger partial charge in [0.1, 0.15) is 11.5 Å². The van der Waals surface area contributed by atoms with E-state index in [1.807, 2.05) is 0 Å². The van der Waals surface area contributed by atoms with E-state index in [0.29, 0.717) is 22.4 Å². The third-order valence-corrected chi connectivity index (χ3v) is 4.26. The van der Waals surface area contributed by atoms with Crippen molar-refractivity contribution in [1.82, 2.24) is 10.3 Å². The topological polar surface area (TPSA) is 68.3 Å². The molecule has 1 fully saturated rings. The molecule has 28 heavy (non-hydrogen) atoms. The van der Waals surface area contributed by atoms with E-state index >= 15 is 0 Å². The van der Waals surface area contributed by atoms with Gasteiger partial charge in [-0.05, 0) is 55.2 Å². The molecule has 0 saturated heterocycles. The molecule has 2 aromatic rings. The van der Waals surface area contributed by atoms with Crippen molar-refractivity contribution in [2.45, 2.75) is 39.1 Å². The van der Waals surface area contributed by atoms with Crippen LogP contribution in [0.2, 0.25) is 0 Å². The number of nitrogens with zero attached hydrogens (tertiary/aromatic N) is 1. The van der Waals surface area contributed by atoms with Gasteiger partial charge >= 0.3 is 6.36 Å². The first kappa shape index (κ1) is 19.9. The van der Waals surface area contributed by atoms with E-state index in [4.69, 9.17) is 0 Å². The van der Waals surface area contributed by atoms with Crippen molar-refractivity contribution in [3.63, 3.8) is 0 Å².